The maximum absolute atomic E-state index is 5.72. The molecule has 4 nitrogen and oxygen atoms in total. The van der Waals surface area contributed by atoms with Gasteiger partial charge >= 0.3 is 0 Å². The van der Waals surface area contributed by atoms with E-state index in [4.69, 9.17) is 5.73 Å². The Morgan fingerprint density at radius 3 is 2.48 bits per heavy atom. The first-order valence-electron chi connectivity index (χ1n) is 6.94. The molecule has 0 amide bonds. The molecule has 2 aromatic carbocycles. The number of nitrogens with two attached hydrogens (primary N) is 1. The number of hydrogen-bond donors (Lipinski definition) is 1. The fraction of sp³-hybridized carbons (Fsp3) is 0.176. The molecule has 0 radical (unpaired) electrons. The third-order valence-electron chi connectivity index (χ3n) is 3.73. The molecule has 0 fully saturated rings. The minimum absolute atomic E-state index is 0.683. The van der Waals surface area contributed by atoms with Gasteiger partial charge in [0.1, 0.15) is 0 Å². The van der Waals surface area contributed by atoms with Crippen molar-refractivity contribution in [1.29, 1.82) is 0 Å². The van der Waals surface area contributed by atoms with Gasteiger partial charge in [0, 0.05) is 11.3 Å². The highest BCUT2D eigenvalue weighted by Gasteiger charge is 2.08. The van der Waals surface area contributed by atoms with Crippen molar-refractivity contribution >= 4 is 5.69 Å². The highest BCUT2D eigenvalue weighted by molar-refractivity contribution is 5.60. The summed E-state index contributed by atoms with van der Waals surface area (Å²) in [5.41, 5.74) is 12.4. The first-order valence-corrected chi connectivity index (χ1v) is 6.94. The molecule has 0 aliphatic heterocycles. The van der Waals surface area contributed by atoms with Gasteiger partial charge in [-0.05, 0) is 48.7 Å². The number of aromatic nitrogens is 3. The second-order valence-corrected chi connectivity index (χ2v) is 5.32. The van der Waals surface area contributed by atoms with Crippen molar-refractivity contribution in [3.05, 3.63) is 65.4 Å². The number of hydrogen-bond acceptors (Lipinski definition) is 3. The van der Waals surface area contributed by atoms with Gasteiger partial charge in [-0.3, -0.25) is 0 Å². The maximum Gasteiger partial charge on any atom is 0.0889 e. The quantitative estimate of drug-likeness (QED) is 0.748. The lowest BCUT2D eigenvalue weighted by Crippen LogP contribution is -2.04. The second kappa shape index (κ2) is 5.40. The van der Waals surface area contributed by atoms with Crippen LogP contribution in [0.3, 0.4) is 0 Å². The van der Waals surface area contributed by atoms with Crippen LogP contribution < -0.4 is 5.73 Å². The predicted molar refractivity (Wildman–Crippen MR) is 84.9 cm³/mol. The monoisotopic (exact) mass is 278 g/mol. The molecule has 1 aromatic heterocycles. The van der Waals surface area contributed by atoms with Crippen molar-refractivity contribution in [3.63, 3.8) is 0 Å². The Bertz CT molecular complexity index is 757. The van der Waals surface area contributed by atoms with Gasteiger partial charge in [0.2, 0.25) is 0 Å². The van der Waals surface area contributed by atoms with E-state index in [9.17, 15) is 0 Å². The molecule has 0 atom stereocenters. The summed E-state index contributed by atoms with van der Waals surface area (Å²) >= 11 is 0. The molecule has 3 aromatic rings. The van der Waals surface area contributed by atoms with Gasteiger partial charge in [-0.15, -0.1) is 5.10 Å². The van der Waals surface area contributed by atoms with Crippen molar-refractivity contribution in [2.24, 2.45) is 0 Å². The minimum atomic E-state index is 0.683. The largest absolute Gasteiger partial charge is 0.399 e. The van der Waals surface area contributed by atoms with E-state index in [2.05, 4.69) is 42.4 Å². The fourth-order valence-corrected chi connectivity index (χ4v) is 2.29. The zero-order chi connectivity index (χ0) is 14.8. The third-order valence-corrected chi connectivity index (χ3v) is 3.73. The van der Waals surface area contributed by atoms with E-state index in [1.54, 1.807) is 6.20 Å². The second-order valence-electron chi connectivity index (χ2n) is 5.32. The molecular weight excluding hydrogens is 260 g/mol. The third kappa shape index (κ3) is 2.79. The molecule has 0 spiro atoms. The first-order chi connectivity index (χ1) is 10.1. The Kier molecular flexibility index (Phi) is 3.44. The smallest absolute Gasteiger partial charge is 0.0889 e. The van der Waals surface area contributed by atoms with Crippen LogP contribution in [0.1, 0.15) is 16.7 Å². The van der Waals surface area contributed by atoms with Crippen LogP contribution in [0, 0.1) is 13.8 Å². The van der Waals surface area contributed by atoms with Crippen molar-refractivity contribution < 1.29 is 0 Å². The summed E-state index contributed by atoms with van der Waals surface area (Å²) in [5, 5.41) is 8.25. The Balaban J connectivity index is 1.93. The molecule has 1 heterocycles. The summed E-state index contributed by atoms with van der Waals surface area (Å²) < 4.78 is 1.91. The number of benzene rings is 2. The number of nitrogen functional groups attached to an aromatic ring is 1. The lowest BCUT2D eigenvalue weighted by molar-refractivity contribution is 0.655. The van der Waals surface area contributed by atoms with Crippen LogP contribution in [0.15, 0.2) is 48.7 Å². The molecule has 3 rings (SSSR count). The van der Waals surface area contributed by atoms with E-state index >= 15 is 0 Å². The van der Waals surface area contributed by atoms with E-state index in [1.807, 2.05) is 28.9 Å². The van der Waals surface area contributed by atoms with Gasteiger partial charge in [0.25, 0.3) is 0 Å². The normalized spacial score (nSPS) is 10.8. The number of nitrogens with zero attached hydrogens (tertiary/aromatic N) is 3. The van der Waals surface area contributed by atoms with Crippen molar-refractivity contribution in [3.8, 4) is 11.3 Å². The fourth-order valence-electron chi connectivity index (χ4n) is 2.29. The summed E-state index contributed by atoms with van der Waals surface area (Å²) in [7, 11) is 0. The van der Waals surface area contributed by atoms with Gasteiger partial charge in [-0.1, -0.05) is 29.5 Å². The minimum Gasteiger partial charge on any atom is -0.399 e. The molecule has 21 heavy (non-hydrogen) atoms. The summed E-state index contributed by atoms with van der Waals surface area (Å²) in [6.07, 6.45) is 1.81. The zero-order valence-corrected chi connectivity index (χ0v) is 12.2. The molecule has 0 aliphatic rings. The molecule has 0 aliphatic carbocycles. The van der Waals surface area contributed by atoms with E-state index in [0.717, 1.165) is 22.5 Å². The molecular formula is C17H18N4. The molecule has 106 valence electrons. The van der Waals surface area contributed by atoms with E-state index in [0.29, 0.717) is 6.54 Å². The van der Waals surface area contributed by atoms with E-state index in [1.165, 1.54) is 11.1 Å². The summed E-state index contributed by atoms with van der Waals surface area (Å²) in [6, 6.07) is 14.3. The molecule has 0 bridgehead atoms. The lowest BCUT2D eigenvalue weighted by Gasteiger charge is -2.08. The summed E-state index contributed by atoms with van der Waals surface area (Å²) in [4.78, 5) is 0. The standard InChI is InChI=1S/C17H18N4/c1-12-3-6-15(9-13(12)2)17-10-19-20-21(17)11-14-4-7-16(18)8-5-14/h3-10H,11,18H2,1-2H3. The van der Waals surface area contributed by atoms with Crippen molar-refractivity contribution in [2.75, 3.05) is 5.73 Å². The molecule has 0 saturated carbocycles. The number of anilines is 1. The van der Waals surface area contributed by atoms with Gasteiger partial charge in [0.15, 0.2) is 0 Å². The highest BCUT2D eigenvalue weighted by Crippen LogP contribution is 2.22. The number of rotatable bonds is 3. The van der Waals surface area contributed by atoms with Gasteiger partial charge < -0.3 is 5.73 Å². The van der Waals surface area contributed by atoms with Gasteiger partial charge in [0.05, 0.1) is 18.4 Å². The molecule has 0 unspecified atom stereocenters. The van der Waals surface area contributed by atoms with Crippen LogP contribution in [0.4, 0.5) is 5.69 Å². The Morgan fingerprint density at radius 1 is 1.00 bits per heavy atom. The summed E-state index contributed by atoms with van der Waals surface area (Å²) in [6.45, 7) is 4.92. The van der Waals surface area contributed by atoms with Crippen LogP contribution in [-0.4, -0.2) is 15.0 Å². The van der Waals surface area contributed by atoms with Gasteiger partial charge in [-0.2, -0.15) is 0 Å². The molecule has 0 saturated heterocycles. The number of aryl methyl sites for hydroxylation is 2. The Hall–Kier alpha value is -2.62. The molecule has 2 N–H and O–H groups in total. The molecule has 4 heteroatoms. The average Bonchev–Trinajstić information content (AvgIpc) is 2.92. The maximum atomic E-state index is 5.72. The van der Waals surface area contributed by atoms with Crippen LogP contribution in [0.25, 0.3) is 11.3 Å². The van der Waals surface area contributed by atoms with E-state index < -0.39 is 0 Å². The Morgan fingerprint density at radius 2 is 1.76 bits per heavy atom. The van der Waals surface area contributed by atoms with Crippen LogP contribution in [-0.2, 0) is 6.54 Å². The lowest BCUT2D eigenvalue weighted by atomic mass is 10.0. The van der Waals surface area contributed by atoms with Crippen LogP contribution in [0.2, 0.25) is 0 Å². The van der Waals surface area contributed by atoms with Gasteiger partial charge in [-0.25, -0.2) is 4.68 Å². The predicted octanol–water partition coefficient (Wildman–Crippen LogP) is 3.19. The van der Waals surface area contributed by atoms with Crippen LogP contribution >= 0.6 is 0 Å². The highest BCUT2D eigenvalue weighted by atomic mass is 15.4. The SMILES string of the molecule is Cc1ccc(-c2cnnn2Cc2ccc(N)cc2)cc1C. The van der Waals surface area contributed by atoms with Crippen molar-refractivity contribution in [1.82, 2.24) is 15.0 Å². The topological polar surface area (TPSA) is 56.7 Å². The Labute approximate surface area is 124 Å². The van der Waals surface area contributed by atoms with Crippen LogP contribution in [0.5, 0.6) is 0 Å². The summed E-state index contributed by atoms with van der Waals surface area (Å²) in [5.74, 6) is 0. The first kappa shape index (κ1) is 13.4. The zero-order valence-electron chi connectivity index (χ0n) is 12.2. The van der Waals surface area contributed by atoms with E-state index in [-0.39, 0.29) is 0 Å². The van der Waals surface area contributed by atoms with Crippen molar-refractivity contribution in [2.45, 2.75) is 20.4 Å². The average molecular weight is 278 g/mol.